The van der Waals surface area contributed by atoms with Crippen molar-refractivity contribution in [1.82, 2.24) is 4.90 Å². The minimum absolute atomic E-state index is 0.422. The highest BCUT2D eigenvalue weighted by molar-refractivity contribution is 5.56. The van der Waals surface area contributed by atoms with Gasteiger partial charge in [0.2, 0.25) is 0 Å². The highest BCUT2D eigenvalue weighted by Crippen LogP contribution is 2.53. The lowest BCUT2D eigenvalue weighted by molar-refractivity contribution is 0.0970. The van der Waals surface area contributed by atoms with E-state index < -0.39 is 0 Å². The lowest BCUT2D eigenvalue weighted by Gasteiger charge is -2.46. The third-order valence-electron chi connectivity index (χ3n) is 5.96. The molecular weight excluding hydrogens is 304 g/mol. The predicted octanol–water partition coefficient (Wildman–Crippen LogP) is 4.76. The zero-order valence-corrected chi connectivity index (χ0v) is 16.5. The van der Waals surface area contributed by atoms with Gasteiger partial charge in [-0.05, 0) is 47.6 Å². The smallest absolute Gasteiger partial charge is 0.0600 e. The molecule has 2 fully saturated rings. The molecule has 0 aromatic heterocycles. The van der Waals surface area contributed by atoms with Crippen LogP contribution in [-0.4, -0.2) is 37.6 Å². The first kappa shape index (κ1) is 18.3. The van der Waals surface area contributed by atoms with Crippen LogP contribution in [0.1, 0.15) is 58.4 Å². The molecule has 3 rings (SSSR count). The SMILES string of the molecule is C#CCN1CCN(c2ccccc2C2CC(C)(C)CC(C)(C)C2)CC1. The molecule has 2 aliphatic rings. The summed E-state index contributed by atoms with van der Waals surface area (Å²) in [5.41, 5.74) is 3.87. The summed E-state index contributed by atoms with van der Waals surface area (Å²) in [5, 5.41) is 0. The fourth-order valence-corrected chi connectivity index (χ4v) is 5.46. The van der Waals surface area contributed by atoms with E-state index in [0.29, 0.717) is 16.7 Å². The van der Waals surface area contributed by atoms with Crippen molar-refractivity contribution in [2.45, 2.75) is 52.9 Å². The average molecular weight is 339 g/mol. The minimum Gasteiger partial charge on any atom is -0.369 e. The Hall–Kier alpha value is -1.46. The van der Waals surface area contributed by atoms with Crippen LogP contribution >= 0.6 is 0 Å². The molecule has 0 spiro atoms. The second-order valence-electron chi connectivity index (χ2n) is 9.64. The van der Waals surface area contributed by atoms with Crippen molar-refractivity contribution in [2.75, 3.05) is 37.6 Å². The number of nitrogens with zero attached hydrogens (tertiary/aromatic N) is 2. The quantitative estimate of drug-likeness (QED) is 0.733. The molecule has 1 heterocycles. The average Bonchev–Trinajstić information content (AvgIpc) is 2.53. The van der Waals surface area contributed by atoms with Gasteiger partial charge in [-0.15, -0.1) is 6.42 Å². The summed E-state index contributed by atoms with van der Waals surface area (Å²) in [4.78, 5) is 4.96. The molecule has 2 nitrogen and oxygen atoms in total. The van der Waals surface area contributed by atoms with Crippen LogP contribution in [0, 0.1) is 23.2 Å². The van der Waals surface area contributed by atoms with Crippen molar-refractivity contribution < 1.29 is 0 Å². The second kappa shape index (κ2) is 7.04. The third-order valence-corrected chi connectivity index (χ3v) is 5.96. The number of anilines is 1. The number of terminal acetylenes is 1. The summed E-state index contributed by atoms with van der Waals surface area (Å²) in [6.45, 7) is 14.9. The van der Waals surface area contributed by atoms with E-state index >= 15 is 0 Å². The van der Waals surface area contributed by atoms with Crippen LogP contribution in [0.2, 0.25) is 0 Å². The Balaban J connectivity index is 1.81. The van der Waals surface area contributed by atoms with Crippen molar-refractivity contribution in [2.24, 2.45) is 10.8 Å². The zero-order valence-electron chi connectivity index (χ0n) is 16.5. The van der Waals surface area contributed by atoms with Gasteiger partial charge < -0.3 is 4.90 Å². The van der Waals surface area contributed by atoms with Gasteiger partial charge in [-0.1, -0.05) is 51.8 Å². The number of hydrogen-bond acceptors (Lipinski definition) is 2. The van der Waals surface area contributed by atoms with Crippen LogP contribution in [0.5, 0.6) is 0 Å². The molecule has 25 heavy (non-hydrogen) atoms. The predicted molar refractivity (Wildman–Crippen MR) is 108 cm³/mol. The van der Waals surface area contributed by atoms with Crippen LogP contribution in [0.3, 0.4) is 0 Å². The molecule has 2 heteroatoms. The van der Waals surface area contributed by atoms with Gasteiger partial charge in [-0.2, -0.15) is 0 Å². The van der Waals surface area contributed by atoms with E-state index in [0.717, 1.165) is 32.7 Å². The van der Waals surface area contributed by atoms with Crippen LogP contribution in [0.25, 0.3) is 0 Å². The van der Waals surface area contributed by atoms with Gasteiger partial charge in [-0.25, -0.2) is 0 Å². The zero-order chi connectivity index (χ0) is 18.1. The molecular formula is C23H34N2. The summed E-state index contributed by atoms with van der Waals surface area (Å²) in [6, 6.07) is 9.14. The molecule has 1 aromatic carbocycles. The largest absolute Gasteiger partial charge is 0.369 e. The highest BCUT2D eigenvalue weighted by atomic mass is 15.3. The highest BCUT2D eigenvalue weighted by Gasteiger charge is 2.39. The lowest BCUT2D eigenvalue weighted by Crippen LogP contribution is -2.47. The summed E-state index contributed by atoms with van der Waals surface area (Å²) < 4.78 is 0. The van der Waals surface area contributed by atoms with E-state index in [1.807, 2.05) is 0 Å². The molecule has 1 aliphatic carbocycles. The van der Waals surface area contributed by atoms with Gasteiger partial charge in [-0.3, -0.25) is 4.90 Å². The molecule has 136 valence electrons. The second-order valence-corrected chi connectivity index (χ2v) is 9.64. The maximum Gasteiger partial charge on any atom is 0.0600 e. The number of rotatable bonds is 3. The maximum absolute atomic E-state index is 5.47. The first-order chi connectivity index (χ1) is 11.8. The van der Waals surface area contributed by atoms with Crippen LogP contribution < -0.4 is 4.90 Å². The maximum atomic E-state index is 5.47. The molecule has 0 N–H and O–H groups in total. The fourth-order valence-electron chi connectivity index (χ4n) is 5.46. The summed E-state index contributed by atoms with van der Waals surface area (Å²) >= 11 is 0. The van der Waals surface area contributed by atoms with Crippen molar-refractivity contribution in [3.05, 3.63) is 29.8 Å². The molecule has 0 bridgehead atoms. The first-order valence-electron chi connectivity index (χ1n) is 9.79. The van der Waals surface area contributed by atoms with Gasteiger partial charge in [0.15, 0.2) is 0 Å². The Bertz CT molecular complexity index is 614. The van der Waals surface area contributed by atoms with Crippen LogP contribution in [-0.2, 0) is 0 Å². The molecule has 1 aromatic rings. The van der Waals surface area contributed by atoms with Crippen LogP contribution in [0.15, 0.2) is 24.3 Å². The van der Waals surface area contributed by atoms with E-state index in [2.05, 4.69) is 67.7 Å². The van der Waals surface area contributed by atoms with Gasteiger partial charge in [0, 0.05) is 31.9 Å². The summed E-state index contributed by atoms with van der Waals surface area (Å²) in [5.74, 6) is 3.45. The van der Waals surface area contributed by atoms with E-state index in [-0.39, 0.29) is 0 Å². The molecule has 1 saturated carbocycles. The minimum atomic E-state index is 0.422. The molecule has 1 aliphatic heterocycles. The van der Waals surface area contributed by atoms with Crippen molar-refractivity contribution in [3.8, 4) is 12.3 Å². The Morgan fingerprint density at radius 3 is 2.20 bits per heavy atom. The van der Waals surface area contributed by atoms with Crippen molar-refractivity contribution in [3.63, 3.8) is 0 Å². The third kappa shape index (κ3) is 4.39. The van der Waals surface area contributed by atoms with Crippen molar-refractivity contribution in [1.29, 1.82) is 0 Å². The number of para-hydroxylation sites is 1. The Labute approximate surface area is 154 Å². The molecule has 0 unspecified atom stereocenters. The monoisotopic (exact) mass is 338 g/mol. The van der Waals surface area contributed by atoms with Crippen LogP contribution in [0.4, 0.5) is 5.69 Å². The molecule has 1 saturated heterocycles. The summed E-state index contributed by atoms with van der Waals surface area (Å²) in [7, 11) is 0. The van der Waals surface area contributed by atoms with E-state index in [9.17, 15) is 0 Å². The summed E-state index contributed by atoms with van der Waals surface area (Å²) in [6.07, 6.45) is 9.39. The number of benzene rings is 1. The Morgan fingerprint density at radius 1 is 1.00 bits per heavy atom. The number of piperazine rings is 1. The van der Waals surface area contributed by atoms with Gasteiger partial charge >= 0.3 is 0 Å². The first-order valence-corrected chi connectivity index (χ1v) is 9.79. The van der Waals surface area contributed by atoms with E-state index in [4.69, 9.17) is 6.42 Å². The topological polar surface area (TPSA) is 6.48 Å². The molecule has 0 radical (unpaired) electrons. The molecule has 0 atom stereocenters. The van der Waals surface area contributed by atoms with Gasteiger partial charge in [0.1, 0.15) is 0 Å². The van der Waals surface area contributed by atoms with E-state index in [1.165, 1.54) is 24.9 Å². The Morgan fingerprint density at radius 2 is 1.60 bits per heavy atom. The van der Waals surface area contributed by atoms with Gasteiger partial charge in [0.25, 0.3) is 0 Å². The molecule has 0 amide bonds. The van der Waals surface area contributed by atoms with Gasteiger partial charge in [0.05, 0.1) is 6.54 Å². The number of hydrogen-bond donors (Lipinski definition) is 0. The Kier molecular flexibility index (Phi) is 5.16. The standard InChI is InChI=1S/C23H34N2/c1-6-11-24-12-14-25(15-13-24)21-10-8-7-9-20(21)19-16-22(2,3)18-23(4,5)17-19/h1,7-10,19H,11-18H2,2-5H3. The fraction of sp³-hybridized carbons (Fsp3) is 0.652. The van der Waals surface area contributed by atoms with Crippen molar-refractivity contribution >= 4 is 5.69 Å². The lowest BCUT2D eigenvalue weighted by atomic mass is 9.60. The normalized spacial score (nSPS) is 24.0. The van der Waals surface area contributed by atoms with E-state index in [1.54, 1.807) is 5.56 Å².